The number of hydrogen-bond donors (Lipinski definition) is 1. The normalized spacial score (nSPS) is 18.1. The fourth-order valence-corrected chi connectivity index (χ4v) is 4.94. The molecule has 1 saturated carbocycles. The third kappa shape index (κ3) is 4.33. The molecule has 5 rings (SSSR count). The molecule has 0 atom stereocenters. The first-order chi connectivity index (χ1) is 16.5. The van der Waals surface area contributed by atoms with Crippen LogP contribution in [-0.2, 0) is 4.79 Å². The third-order valence-electron chi connectivity index (χ3n) is 6.89. The summed E-state index contributed by atoms with van der Waals surface area (Å²) in [6.45, 7) is 0. The van der Waals surface area contributed by atoms with E-state index >= 15 is 4.39 Å². The zero-order valence-electron chi connectivity index (χ0n) is 18.5. The maximum absolute atomic E-state index is 15.0. The molecule has 0 spiro atoms. The minimum atomic E-state index is -0.473. The Morgan fingerprint density at radius 2 is 1.74 bits per heavy atom. The molecular formula is C27H24FN3O3. The molecule has 0 radical (unpaired) electrons. The van der Waals surface area contributed by atoms with Crippen LogP contribution in [0.1, 0.15) is 43.6 Å². The predicted molar refractivity (Wildman–Crippen MR) is 129 cm³/mol. The number of nitro benzene ring substituents is 1. The Kier molecular flexibility index (Phi) is 5.92. The molecule has 1 N–H and O–H groups in total. The van der Waals surface area contributed by atoms with Gasteiger partial charge in [-0.25, -0.2) is 9.37 Å². The number of benzene rings is 3. The van der Waals surface area contributed by atoms with Crippen LogP contribution in [0.3, 0.4) is 0 Å². The van der Waals surface area contributed by atoms with Crippen molar-refractivity contribution < 1.29 is 14.1 Å². The molecular weight excluding hydrogens is 433 g/mol. The van der Waals surface area contributed by atoms with Crippen LogP contribution in [0.25, 0.3) is 33.5 Å². The Morgan fingerprint density at radius 3 is 2.41 bits per heavy atom. The summed E-state index contributed by atoms with van der Waals surface area (Å²) in [7, 11) is 0. The monoisotopic (exact) mass is 457 g/mol. The van der Waals surface area contributed by atoms with Gasteiger partial charge in [0.25, 0.3) is 5.69 Å². The molecule has 34 heavy (non-hydrogen) atoms. The molecule has 0 saturated heterocycles. The summed E-state index contributed by atoms with van der Waals surface area (Å²) in [6.07, 6.45) is 6.08. The Bertz CT molecular complexity index is 1360. The second-order valence-electron chi connectivity index (χ2n) is 8.98. The molecule has 0 bridgehead atoms. The number of carbonyl (C=O) groups is 1. The maximum Gasteiger partial charge on any atom is 0.271 e. The number of hydrogen-bond acceptors (Lipinski definition) is 4. The number of rotatable bonds is 6. The van der Waals surface area contributed by atoms with E-state index in [0.29, 0.717) is 40.7 Å². The summed E-state index contributed by atoms with van der Waals surface area (Å²) >= 11 is 0. The highest BCUT2D eigenvalue weighted by molar-refractivity contribution is 5.82. The number of nitrogens with one attached hydrogen (secondary N) is 1. The molecule has 3 aromatic carbocycles. The van der Waals surface area contributed by atoms with Gasteiger partial charge in [0.2, 0.25) is 0 Å². The molecule has 0 unspecified atom stereocenters. The van der Waals surface area contributed by atoms with Gasteiger partial charge in [-0.1, -0.05) is 30.3 Å². The van der Waals surface area contributed by atoms with Gasteiger partial charge in [0.15, 0.2) is 0 Å². The number of aromatic nitrogens is 2. The molecule has 1 aromatic heterocycles. The van der Waals surface area contributed by atoms with Gasteiger partial charge in [0, 0.05) is 18.6 Å². The van der Waals surface area contributed by atoms with Crippen molar-refractivity contribution >= 4 is 23.0 Å². The van der Waals surface area contributed by atoms with Crippen molar-refractivity contribution in [3.63, 3.8) is 0 Å². The number of imidazole rings is 1. The second-order valence-corrected chi connectivity index (χ2v) is 8.98. The Hall–Kier alpha value is -3.87. The fraction of sp³-hybridized carbons (Fsp3) is 0.259. The summed E-state index contributed by atoms with van der Waals surface area (Å²) in [5.41, 5.74) is 4.30. The molecule has 6 nitrogen and oxygen atoms in total. The van der Waals surface area contributed by atoms with E-state index in [4.69, 9.17) is 0 Å². The van der Waals surface area contributed by atoms with Crippen molar-refractivity contribution in [1.82, 2.24) is 9.97 Å². The first-order valence-electron chi connectivity index (χ1n) is 11.5. The SMILES string of the molecule is O=CC[C@H]1CC[C@H](c2ccc(-c3ccc(-c4nc5ccc([N+](=O)[O-])cc5[nH]4)c(F)c3)cc2)CC1. The van der Waals surface area contributed by atoms with Gasteiger partial charge in [-0.2, -0.15) is 0 Å². The molecule has 0 amide bonds. The summed E-state index contributed by atoms with van der Waals surface area (Å²) < 4.78 is 15.0. The van der Waals surface area contributed by atoms with Crippen molar-refractivity contribution in [3.05, 3.63) is 82.2 Å². The zero-order valence-corrected chi connectivity index (χ0v) is 18.5. The number of carbonyl (C=O) groups excluding carboxylic acids is 1. The maximum atomic E-state index is 15.0. The topological polar surface area (TPSA) is 88.9 Å². The Labute approximate surface area is 196 Å². The van der Waals surface area contributed by atoms with E-state index in [0.717, 1.165) is 43.1 Å². The fourth-order valence-electron chi connectivity index (χ4n) is 4.94. The zero-order chi connectivity index (χ0) is 23.7. The average molecular weight is 458 g/mol. The van der Waals surface area contributed by atoms with Crippen molar-refractivity contribution in [2.45, 2.75) is 38.0 Å². The number of halogens is 1. The lowest BCUT2D eigenvalue weighted by molar-refractivity contribution is -0.384. The highest BCUT2D eigenvalue weighted by Gasteiger charge is 2.22. The van der Waals surface area contributed by atoms with Crippen LogP contribution in [0.4, 0.5) is 10.1 Å². The standard InChI is InChI=1S/C27H24FN3O3/c28-24-15-21(20-7-5-19(6-8-20)18-3-1-17(2-4-18)13-14-32)9-11-23(24)27-29-25-12-10-22(31(33)34)16-26(25)30-27/h5-12,14-18H,1-4,13H2,(H,29,30)/t17-,18-. The largest absolute Gasteiger partial charge is 0.338 e. The van der Waals surface area contributed by atoms with Crippen molar-refractivity contribution in [1.29, 1.82) is 0 Å². The number of nitrogens with zero attached hydrogens (tertiary/aromatic N) is 2. The number of nitro groups is 1. The molecule has 0 aliphatic heterocycles. The van der Waals surface area contributed by atoms with E-state index in [1.165, 1.54) is 23.8 Å². The van der Waals surface area contributed by atoms with Crippen LogP contribution < -0.4 is 0 Å². The van der Waals surface area contributed by atoms with Gasteiger partial charge in [0.1, 0.15) is 17.9 Å². The number of fused-ring (bicyclic) bond motifs is 1. The summed E-state index contributed by atoms with van der Waals surface area (Å²) in [5, 5.41) is 11.0. The molecule has 1 heterocycles. The molecule has 1 aliphatic rings. The van der Waals surface area contributed by atoms with E-state index in [1.54, 1.807) is 12.1 Å². The van der Waals surface area contributed by atoms with Crippen LogP contribution >= 0.6 is 0 Å². The predicted octanol–water partition coefficient (Wildman–Crippen LogP) is 6.81. The number of aldehydes is 1. The van der Waals surface area contributed by atoms with Gasteiger partial charge in [-0.3, -0.25) is 10.1 Å². The molecule has 1 aliphatic carbocycles. The van der Waals surface area contributed by atoms with Gasteiger partial charge in [0.05, 0.1) is 21.5 Å². The van der Waals surface area contributed by atoms with Crippen LogP contribution in [0, 0.1) is 21.8 Å². The number of H-pyrrole nitrogens is 1. The van der Waals surface area contributed by atoms with Crippen LogP contribution in [0.5, 0.6) is 0 Å². The van der Waals surface area contributed by atoms with Gasteiger partial charge < -0.3 is 9.78 Å². The van der Waals surface area contributed by atoms with E-state index in [9.17, 15) is 14.9 Å². The highest BCUT2D eigenvalue weighted by atomic mass is 19.1. The lowest BCUT2D eigenvalue weighted by atomic mass is 9.77. The van der Waals surface area contributed by atoms with Crippen molar-refractivity contribution in [2.24, 2.45) is 5.92 Å². The first kappa shape index (κ1) is 21.9. The van der Waals surface area contributed by atoms with E-state index in [2.05, 4.69) is 22.1 Å². The number of non-ortho nitro benzene ring substituents is 1. The Balaban J connectivity index is 1.34. The minimum Gasteiger partial charge on any atom is -0.338 e. The molecule has 1 fully saturated rings. The van der Waals surface area contributed by atoms with E-state index in [-0.39, 0.29) is 5.69 Å². The third-order valence-corrected chi connectivity index (χ3v) is 6.89. The van der Waals surface area contributed by atoms with E-state index < -0.39 is 10.7 Å². The lowest BCUT2D eigenvalue weighted by Gasteiger charge is -2.27. The van der Waals surface area contributed by atoms with Crippen LogP contribution in [-0.4, -0.2) is 21.2 Å². The Morgan fingerprint density at radius 1 is 1.00 bits per heavy atom. The van der Waals surface area contributed by atoms with Crippen LogP contribution in [0.2, 0.25) is 0 Å². The summed E-state index contributed by atoms with van der Waals surface area (Å²) in [5.74, 6) is 0.958. The van der Waals surface area contributed by atoms with Gasteiger partial charge in [-0.05, 0) is 72.4 Å². The first-order valence-corrected chi connectivity index (χ1v) is 11.5. The summed E-state index contributed by atoms with van der Waals surface area (Å²) in [6, 6.07) is 17.7. The van der Waals surface area contributed by atoms with E-state index in [1.807, 2.05) is 18.2 Å². The van der Waals surface area contributed by atoms with Crippen LogP contribution in [0.15, 0.2) is 60.7 Å². The van der Waals surface area contributed by atoms with Crippen molar-refractivity contribution in [3.8, 4) is 22.5 Å². The molecule has 7 heteroatoms. The molecule has 172 valence electrons. The van der Waals surface area contributed by atoms with Gasteiger partial charge >= 0.3 is 0 Å². The highest BCUT2D eigenvalue weighted by Crippen LogP contribution is 2.37. The van der Waals surface area contributed by atoms with Crippen molar-refractivity contribution in [2.75, 3.05) is 0 Å². The minimum absolute atomic E-state index is 0.0454. The second kappa shape index (κ2) is 9.17. The summed E-state index contributed by atoms with van der Waals surface area (Å²) in [4.78, 5) is 28.6. The van der Waals surface area contributed by atoms with Gasteiger partial charge in [-0.15, -0.1) is 0 Å². The number of aromatic amines is 1. The smallest absolute Gasteiger partial charge is 0.271 e. The lowest BCUT2D eigenvalue weighted by Crippen LogP contribution is -2.13. The molecule has 4 aromatic rings. The average Bonchev–Trinajstić information content (AvgIpc) is 3.28. The quantitative estimate of drug-likeness (QED) is 0.196.